The van der Waals surface area contributed by atoms with Crippen LogP contribution in [0.1, 0.15) is 37.0 Å². The highest BCUT2D eigenvalue weighted by atomic mass is 16.5. The number of aryl methyl sites for hydroxylation is 2. The Labute approximate surface area is 119 Å². The van der Waals surface area contributed by atoms with E-state index in [1.807, 2.05) is 27.1 Å². The molecule has 0 aliphatic carbocycles. The van der Waals surface area contributed by atoms with Gasteiger partial charge in [0.25, 0.3) is 0 Å². The van der Waals surface area contributed by atoms with Crippen molar-refractivity contribution < 1.29 is 4.74 Å². The van der Waals surface area contributed by atoms with Crippen molar-refractivity contribution in [2.45, 2.75) is 33.2 Å². The largest absolute Gasteiger partial charge is 0.436 e. The number of hydrogen-bond donors (Lipinski definition) is 1. The maximum Gasteiger partial charge on any atom is 0.217 e. The Morgan fingerprint density at radius 2 is 2.15 bits per heavy atom. The normalized spacial score (nSPS) is 11.1. The second-order valence-electron chi connectivity index (χ2n) is 5.07. The monoisotopic (exact) mass is 275 g/mol. The van der Waals surface area contributed by atoms with Gasteiger partial charge < -0.3 is 10.1 Å². The minimum atomic E-state index is 0.290. The van der Waals surface area contributed by atoms with E-state index in [4.69, 9.17) is 4.74 Å². The third kappa shape index (κ3) is 3.14. The van der Waals surface area contributed by atoms with Crippen LogP contribution in [0.4, 0.5) is 0 Å². The van der Waals surface area contributed by atoms with Gasteiger partial charge in [0, 0.05) is 25.6 Å². The van der Waals surface area contributed by atoms with Crippen LogP contribution in [0, 0.1) is 6.92 Å². The highest BCUT2D eigenvalue weighted by molar-refractivity contribution is 5.30. The predicted octanol–water partition coefficient (Wildman–Crippen LogP) is 2.15. The molecule has 0 atom stereocenters. The van der Waals surface area contributed by atoms with Crippen molar-refractivity contribution in [2.24, 2.45) is 7.05 Å². The molecule has 0 unspecified atom stereocenters. The van der Waals surface area contributed by atoms with Gasteiger partial charge >= 0.3 is 0 Å². The first kappa shape index (κ1) is 14.5. The summed E-state index contributed by atoms with van der Waals surface area (Å²) in [6.45, 7) is 6.71. The Kier molecular flexibility index (Phi) is 4.34. The summed E-state index contributed by atoms with van der Waals surface area (Å²) in [7, 11) is 3.73. The van der Waals surface area contributed by atoms with Gasteiger partial charge in [0.1, 0.15) is 11.5 Å². The molecule has 0 amide bonds. The molecule has 0 saturated carbocycles. The fraction of sp³-hybridized carbons (Fsp3) is 0.500. The Hall–Kier alpha value is -1.95. The lowest BCUT2D eigenvalue weighted by Crippen LogP contribution is -2.11. The molecule has 0 aliphatic rings. The highest BCUT2D eigenvalue weighted by Gasteiger charge is 2.13. The molecular weight excluding hydrogens is 254 g/mol. The van der Waals surface area contributed by atoms with Gasteiger partial charge in [-0.2, -0.15) is 5.10 Å². The molecule has 6 nitrogen and oxygen atoms in total. The molecule has 2 aromatic rings. The summed E-state index contributed by atoms with van der Waals surface area (Å²) < 4.78 is 7.59. The summed E-state index contributed by atoms with van der Waals surface area (Å²) in [5.74, 6) is 2.45. The fourth-order valence-electron chi connectivity index (χ4n) is 1.87. The van der Waals surface area contributed by atoms with Crippen LogP contribution in [0.5, 0.6) is 11.6 Å². The number of hydrogen-bond acceptors (Lipinski definition) is 5. The van der Waals surface area contributed by atoms with Gasteiger partial charge in [-0.1, -0.05) is 13.8 Å². The molecule has 0 aliphatic heterocycles. The first-order valence-electron chi connectivity index (χ1n) is 6.70. The molecule has 2 rings (SSSR count). The van der Waals surface area contributed by atoms with Crippen LogP contribution < -0.4 is 10.1 Å². The van der Waals surface area contributed by atoms with E-state index in [2.05, 4.69) is 34.2 Å². The SMILES string of the molecule is CNCc1nc(C(C)C)ncc1Oc1cc(C)nn1C. The molecule has 0 aromatic carbocycles. The lowest BCUT2D eigenvalue weighted by atomic mass is 10.2. The zero-order valence-corrected chi connectivity index (χ0v) is 12.6. The molecule has 108 valence electrons. The summed E-state index contributed by atoms with van der Waals surface area (Å²) in [5.41, 5.74) is 1.77. The second kappa shape index (κ2) is 6.00. The number of nitrogens with one attached hydrogen (secondary N) is 1. The first-order chi connectivity index (χ1) is 9.51. The van der Waals surface area contributed by atoms with E-state index < -0.39 is 0 Å². The molecule has 6 heteroatoms. The van der Waals surface area contributed by atoms with Crippen molar-refractivity contribution in [1.82, 2.24) is 25.1 Å². The zero-order valence-electron chi connectivity index (χ0n) is 12.6. The maximum atomic E-state index is 5.88. The first-order valence-corrected chi connectivity index (χ1v) is 6.70. The third-order valence-electron chi connectivity index (χ3n) is 2.88. The van der Waals surface area contributed by atoms with E-state index in [-0.39, 0.29) is 0 Å². The third-order valence-corrected chi connectivity index (χ3v) is 2.88. The van der Waals surface area contributed by atoms with Crippen LogP contribution in [-0.2, 0) is 13.6 Å². The molecule has 0 radical (unpaired) electrons. The van der Waals surface area contributed by atoms with Gasteiger partial charge in [0.15, 0.2) is 5.75 Å². The lowest BCUT2D eigenvalue weighted by Gasteiger charge is -2.12. The average Bonchev–Trinajstić information content (AvgIpc) is 2.70. The standard InChI is InChI=1S/C14H21N5O/c1-9(2)14-16-8-12(11(17-14)7-15-4)20-13-6-10(3)18-19(13)5/h6,8-9,15H,7H2,1-5H3. The Balaban J connectivity index is 2.32. The second-order valence-corrected chi connectivity index (χ2v) is 5.07. The molecular formula is C14H21N5O. The highest BCUT2D eigenvalue weighted by Crippen LogP contribution is 2.25. The van der Waals surface area contributed by atoms with Crippen molar-refractivity contribution >= 4 is 0 Å². The number of rotatable bonds is 5. The minimum Gasteiger partial charge on any atom is -0.436 e. The van der Waals surface area contributed by atoms with Gasteiger partial charge in [-0.3, -0.25) is 0 Å². The smallest absolute Gasteiger partial charge is 0.217 e. The summed E-state index contributed by atoms with van der Waals surface area (Å²) in [6.07, 6.45) is 1.73. The molecule has 0 bridgehead atoms. The van der Waals surface area contributed by atoms with Gasteiger partial charge in [-0.25, -0.2) is 14.6 Å². The van der Waals surface area contributed by atoms with Crippen LogP contribution in [0.15, 0.2) is 12.3 Å². The zero-order chi connectivity index (χ0) is 14.7. The van der Waals surface area contributed by atoms with E-state index in [1.165, 1.54) is 0 Å². The fourth-order valence-corrected chi connectivity index (χ4v) is 1.87. The van der Waals surface area contributed by atoms with Crippen molar-refractivity contribution in [3.05, 3.63) is 29.5 Å². The van der Waals surface area contributed by atoms with Crippen LogP contribution in [0.25, 0.3) is 0 Å². The molecule has 0 spiro atoms. The van der Waals surface area contributed by atoms with Gasteiger partial charge in [-0.15, -0.1) is 0 Å². The summed E-state index contributed by atoms with van der Waals surface area (Å²) in [6, 6.07) is 1.89. The van der Waals surface area contributed by atoms with E-state index in [0.29, 0.717) is 24.1 Å². The van der Waals surface area contributed by atoms with Crippen molar-refractivity contribution in [2.75, 3.05) is 7.05 Å². The Morgan fingerprint density at radius 3 is 2.70 bits per heavy atom. The maximum absolute atomic E-state index is 5.88. The van der Waals surface area contributed by atoms with Crippen LogP contribution in [0.2, 0.25) is 0 Å². The molecule has 20 heavy (non-hydrogen) atoms. The lowest BCUT2D eigenvalue weighted by molar-refractivity contribution is 0.418. The van der Waals surface area contributed by atoms with Crippen LogP contribution in [0.3, 0.4) is 0 Å². The Bertz CT molecular complexity index is 591. The van der Waals surface area contributed by atoms with E-state index in [0.717, 1.165) is 17.2 Å². The molecule has 0 saturated heterocycles. The molecule has 2 aromatic heterocycles. The van der Waals surface area contributed by atoms with E-state index in [9.17, 15) is 0 Å². The average molecular weight is 275 g/mol. The van der Waals surface area contributed by atoms with E-state index >= 15 is 0 Å². The van der Waals surface area contributed by atoms with Crippen LogP contribution in [-0.4, -0.2) is 26.8 Å². The summed E-state index contributed by atoms with van der Waals surface area (Å²) in [4.78, 5) is 8.93. The van der Waals surface area contributed by atoms with Crippen LogP contribution >= 0.6 is 0 Å². The van der Waals surface area contributed by atoms with Crippen molar-refractivity contribution in [3.63, 3.8) is 0 Å². The molecule has 2 heterocycles. The van der Waals surface area contributed by atoms with Gasteiger partial charge in [0.05, 0.1) is 11.9 Å². The topological polar surface area (TPSA) is 64.9 Å². The number of nitrogens with zero attached hydrogens (tertiary/aromatic N) is 4. The summed E-state index contributed by atoms with van der Waals surface area (Å²) in [5, 5.41) is 7.37. The van der Waals surface area contributed by atoms with Crippen molar-refractivity contribution in [1.29, 1.82) is 0 Å². The Morgan fingerprint density at radius 1 is 1.40 bits per heavy atom. The number of aromatic nitrogens is 4. The van der Waals surface area contributed by atoms with Gasteiger partial charge in [0.2, 0.25) is 5.88 Å². The van der Waals surface area contributed by atoms with E-state index in [1.54, 1.807) is 10.9 Å². The predicted molar refractivity (Wildman–Crippen MR) is 76.9 cm³/mol. The van der Waals surface area contributed by atoms with Gasteiger partial charge in [-0.05, 0) is 14.0 Å². The van der Waals surface area contributed by atoms with Crippen molar-refractivity contribution in [3.8, 4) is 11.6 Å². The molecule has 0 fully saturated rings. The molecule has 1 N–H and O–H groups in total. The minimum absolute atomic E-state index is 0.290. The number of ether oxygens (including phenoxy) is 1. The quantitative estimate of drug-likeness (QED) is 0.905. The summed E-state index contributed by atoms with van der Waals surface area (Å²) >= 11 is 0.